The molecular formula is C24H29N3O2S. The van der Waals surface area contributed by atoms with Crippen LogP contribution in [0.2, 0.25) is 0 Å². The molecule has 0 atom stereocenters. The highest BCUT2D eigenvalue weighted by Gasteiger charge is 2.13. The lowest BCUT2D eigenvalue weighted by Gasteiger charge is -2.12. The number of unbranched alkanes of at least 4 members (excludes halogenated alkanes) is 1. The largest absolute Gasteiger partial charge is 0.497 e. The third-order valence-corrected chi connectivity index (χ3v) is 5.87. The first-order chi connectivity index (χ1) is 14.7. The van der Waals surface area contributed by atoms with E-state index in [9.17, 15) is 4.79 Å². The smallest absolute Gasteiger partial charge is 0.252 e. The van der Waals surface area contributed by atoms with Crippen LogP contribution in [0.5, 0.6) is 5.75 Å². The molecule has 0 aliphatic heterocycles. The van der Waals surface area contributed by atoms with Gasteiger partial charge in [0.1, 0.15) is 11.6 Å². The number of para-hydroxylation sites is 1. The zero-order chi connectivity index (χ0) is 21.2. The molecule has 1 aromatic heterocycles. The summed E-state index contributed by atoms with van der Waals surface area (Å²) in [4.78, 5) is 17.6. The first-order valence-corrected chi connectivity index (χ1v) is 11.5. The van der Waals surface area contributed by atoms with Gasteiger partial charge in [-0.05, 0) is 60.7 Å². The van der Waals surface area contributed by atoms with Crippen molar-refractivity contribution in [3.8, 4) is 5.75 Å². The van der Waals surface area contributed by atoms with Crippen LogP contribution in [0.25, 0.3) is 10.9 Å². The number of methoxy groups -OCH3 is 1. The van der Waals surface area contributed by atoms with Crippen molar-refractivity contribution >= 4 is 40.1 Å². The molecule has 6 heteroatoms. The molecule has 2 N–H and O–H groups in total. The van der Waals surface area contributed by atoms with Gasteiger partial charge in [-0.15, -0.1) is 0 Å². The summed E-state index contributed by atoms with van der Waals surface area (Å²) in [5.74, 6) is 3.63. The van der Waals surface area contributed by atoms with E-state index in [2.05, 4.69) is 22.5 Å². The average Bonchev–Trinajstić information content (AvgIpc) is 2.78. The third-order valence-electron chi connectivity index (χ3n) is 4.72. The van der Waals surface area contributed by atoms with Crippen molar-refractivity contribution in [2.75, 3.05) is 30.5 Å². The minimum atomic E-state index is -0.0649. The minimum Gasteiger partial charge on any atom is -0.497 e. The normalized spacial score (nSPS) is 10.7. The van der Waals surface area contributed by atoms with Gasteiger partial charge in [0.15, 0.2) is 0 Å². The molecule has 0 aliphatic rings. The summed E-state index contributed by atoms with van der Waals surface area (Å²) >= 11 is 1.95. The highest BCUT2D eigenvalue weighted by Crippen LogP contribution is 2.24. The second-order valence-corrected chi connectivity index (χ2v) is 8.23. The molecule has 3 rings (SSSR count). The van der Waals surface area contributed by atoms with E-state index in [1.54, 1.807) is 7.11 Å². The van der Waals surface area contributed by atoms with E-state index in [1.807, 2.05) is 66.4 Å². The van der Waals surface area contributed by atoms with Gasteiger partial charge in [0, 0.05) is 17.6 Å². The van der Waals surface area contributed by atoms with E-state index in [0.29, 0.717) is 17.9 Å². The Labute approximate surface area is 182 Å². The number of thioether (sulfide) groups is 1. The quantitative estimate of drug-likeness (QED) is 0.391. The second-order valence-electron chi connectivity index (χ2n) is 7.00. The summed E-state index contributed by atoms with van der Waals surface area (Å²) < 4.78 is 5.20. The van der Waals surface area contributed by atoms with Gasteiger partial charge in [-0.3, -0.25) is 4.79 Å². The van der Waals surface area contributed by atoms with Crippen LogP contribution in [0.3, 0.4) is 0 Å². The highest BCUT2D eigenvalue weighted by molar-refractivity contribution is 7.99. The van der Waals surface area contributed by atoms with E-state index < -0.39 is 0 Å². The van der Waals surface area contributed by atoms with Crippen LogP contribution in [-0.2, 0) is 0 Å². The van der Waals surface area contributed by atoms with Gasteiger partial charge >= 0.3 is 0 Å². The number of aromatic nitrogens is 1. The molecule has 0 radical (unpaired) electrons. The Bertz CT molecular complexity index is 960. The number of hydrogen-bond acceptors (Lipinski definition) is 5. The van der Waals surface area contributed by atoms with Crippen molar-refractivity contribution < 1.29 is 9.53 Å². The van der Waals surface area contributed by atoms with Crippen molar-refractivity contribution in [3.63, 3.8) is 0 Å². The lowest BCUT2D eigenvalue weighted by atomic mass is 10.1. The number of anilines is 2. The predicted octanol–water partition coefficient (Wildman–Crippen LogP) is 5.64. The first kappa shape index (κ1) is 22.0. The average molecular weight is 424 g/mol. The SMILES string of the molecule is CCCCSCCCNC(=O)c1cc(Nc2ccc(OC)cc2)nc2ccccc12. The van der Waals surface area contributed by atoms with Gasteiger partial charge in [-0.25, -0.2) is 4.98 Å². The van der Waals surface area contributed by atoms with Crippen molar-refractivity contribution in [2.24, 2.45) is 0 Å². The van der Waals surface area contributed by atoms with Gasteiger partial charge < -0.3 is 15.4 Å². The maximum absolute atomic E-state index is 12.9. The standard InChI is InChI=1S/C24H29N3O2S/c1-3-4-15-30-16-7-14-25-24(28)21-17-23(27-22-9-6-5-8-20(21)22)26-18-10-12-19(29-2)13-11-18/h5-6,8-13,17H,3-4,7,14-16H2,1-2H3,(H,25,28)(H,26,27). The lowest BCUT2D eigenvalue weighted by Crippen LogP contribution is -2.25. The monoisotopic (exact) mass is 423 g/mol. The minimum absolute atomic E-state index is 0.0649. The summed E-state index contributed by atoms with van der Waals surface area (Å²) in [7, 11) is 1.64. The summed E-state index contributed by atoms with van der Waals surface area (Å²) in [6.07, 6.45) is 3.45. The number of carbonyl (C=O) groups excluding carboxylic acids is 1. The number of nitrogens with one attached hydrogen (secondary N) is 2. The number of carbonyl (C=O) groups is 1. The van der Waals surface area contributed by atoms with Crippen molar-refractivity contribution in [2.45, 2.75) is 26.2 Å². The van der Waals surface area contributed by atoms with Gasteiger partial charge in [0.2, 0.25) is 0 Å². The second kappa shape index (κ2) is 11.5. The van der Waals surface area contributed by atoms with Crippen LogP contribution in [0.4, 0.5) is 11.5 Å². The third kappa shape index (κ3) is 6.13. The molecule has 0 fully saturated rings. The number of amides is 1. The summed E-state index contributed by atoms with van der Waals surface area (Å²) in [6.45, 7) is 2.88. The van der Waals surface area contributed by atoms with Gasteiger partial charge in [-0.2, -0.15) is 11.8 Å². The number of hydrogen-bond donors (Lipinski definition) is 2. The van der Waals surface area contributed by atoms with Crippen molar-refractivity contribution in [3.05, 3.63) is 60.2 Å². The molecule has 0 aliphatic carbocycles. The van der Waals surface area contributed by atoms with Gasteiger partial charge in [-0.1, -0.05) is 31.5 Å². The van der Waals surface area contributed by atoms with Crippen LogP contribution in [-0.4, -0.2) is 36.1 Å². The molecule has 1 amide bonds. The fourth-order valence-corrected chi connectivity index (χ4v) is 4.11. The fourth-order valence-electron chi connectivity index (χ4n) is 3.07. The Balaban J connectivity index is 1.70. The number of pyridine rings is 1. The maximum Gasteiger partial charge on any atom is 0.252 e. The predicted molar refractivity (Wildman–Crippen MR) is 127 cm³/mol. The number of benzene rings is 2. The summed E-state index contributed by atoms with van der Waals surface area (Å²) in [5.41, 5.74) is 2.31. The number of rotatable bonds is 11. The number of fused-ring (bicyclic) bond motifs is 1. The Kier molecular flexibility index (Phi) is 8.39. The molecule has 0 saturated carbocycles. The number of ether oxygens (including phenoxy) is 1. The van der Waals surface area contributed by atoms with Crippen LogP contribution in [0, 0.1) is 0 Å². The first-order valence-electron chi connectivity index (χ1n) is 10.4. The lowest BCUT2D eigenvalue weighted by molar-refractivity contribution is 0.0955. The van der Waals surface area contributed by atoms with E-state index in [4.69, 9.17) is 4.74 Å². The van der Waals surface area contributed by atoms with Gasteiger partial charge in [0.05, 0.1) is 18.2 Å². The van der Waals surface area contributed by atoms with Crippen LogP contribution in [0.1, 0.15) is 36.5 Å². The maximum atomic E-state index is 12.9. The van der Waals surface area contributed by atoms with Crippen molar-refractivity contribution in [1.82, 2.24) is 10.3 Å². The van der Waals surface area contributed by atoms with Gasteiger partial charge in [0.25, 0.3) is 5.91 Å². The molecule has 0 saturated heterocycles. The van der Waals surface area contributed by atoms with Crippen LogP contribution in [0.15, 0.2) is 54.6 Å². The molecule has 1 heterocycles. The Morgan fingerprint density at radius 3 is 2.60 bits per heavy atom. The van der Waals surface area contributed by atoms with Crippen molar-refractivity contribution in [1.29, 1.82) is 0 Å². The fraction of sp³-hybridized carbons (Fsp3) is 0.333. The molecule has 158 valence electrons. The molecule has 0 bridgehead atoms. The van der Waals surface area contributed by atoms with E-state index in [1.165, 1.54) is 18.6 Å². The van der Waals surface area contributed by atoms with Crippen LogP contribution >= 0.6 is 11.8 Å². The molecule has 0 spiro atoms. The Morgan fingerprint density at radius 1 is 1.07 bits per heavy atom. The Hall–Kier alpha value is -2.73. The van der Waals surface area contributed by atoms with E-state index in [-0.39, 0.29) is 5.91 Å². The summed E-state index contributed by atoms with van der Waals surface area (Å²) in [5, 5.41) is 7.21. The number of nitrogens with zero attached hydrogens (tertiary/aromatic N) is 1. The topological polar surface area (TPSA) is 63.2 Å². The zero-order valence-electron chi connectivity index (χ0n) is 17.6. The zero-order valence-corrected chi connectivity index (χ0v) is 18.4. The Morgan fingerprint density at radius 2 is 1.83 bits per heavy atom. The highest BCUT2D eigenvalue weighted by atomic mass is 32.2. The molecule has 0 unspecified atom stereocenters. The molecule has 30 heavy (non-hydrogen) atoms. The van der Waals surface area contributed by atoms with E-state index in [0.717, 1.165) is 34.5 Å². The van der Waals surface area contributed by atoms with Crippen LogP contribution < -0.4 is 15.4 Å². The van der Waals surface area contributed by atoms with E-state index >= 15 is 0 Å². The molecular weight excluding hydrogens is 394 g/mol. The summed E-state index contributed by atoms with van der Waals surface area (Å²) in [6, 6.07) is 17.2. The molecule has 3 aromatic rings. The molecule has 2 aromatic carbocycles. The molecule has 5 nitrogen and oxygen atoms in total.